The van der Waals surface area contributed by atoms with E-state index in [1.807, 2.05) is 84.9 Å². The molecule has 5 nitrogen and oxygen atoms in total. The van der Waals surface area contributed by atoms with Crippen LogP contribution in [0, 0.1) is 11.3 Å². The second-order valence-corrected chi connectivity index (χ2v) is 8.87. The summed E-state index contributed by atoms with van der Waals surface area (Å²) in [4.78, 5) is 31.7. The fourth-order valence-corrected chi connectivity index (χ4v) is 5.33. The summed E-state index contributed by atoms with van der Waals surface area (Å²) in [5.41, 5.74) is 2.87. The molecule has 0 radical (unpaired) electrons. The van der Waals surface area contributed by atoms with E-state index in [9.17, 15) is 14.9 Å². The Balaban J connectivity index is 1.60. The minimum atomic E-state index is -0.429. The number of nitrogens with zero attached hydrogens (tertiary/aromatic N) is 2. The molecule has 6 heteroatoms. The molecule has 4 aromatic rings. The summed E-state index contributed by atoms with van der Waals surface area (Å²) in [7, 11) is 0. The highest BCUT2D eigenvalue weighted by atomic mass is 32.2. The number of fused-ring (bicyclic) bond motifs is 1. The van der Waals surface area contributed by atoms with E-state index in [1.54, 1.807) is 6.20 Å². The number of nitrogens with one attached hydrogen (secondary N) is 1. The van der Waals surface area contributed by atoms with E-state index in [-0.39, 0.29) is 11.5 Å². The first-order valence-electron chi connectivity index (χ1n) is 10.5. The highest BCUT2D eigenvalue weighted by Gasteiger charge is 2.41. The van der Waals surface area contributed by atoms with Crippen molar-refractivity contribution in [3.63, 3.8) is 0 Å². The van der Waals surface area contributed by atoms with Crippen LogP contribution in [0.2, 0.25) is 0 Å². The molecule has 2 heterocycles. The third-order valence-corrected chi connectivity index (χ3v) is 6.88. The fourth-order valence-electron chi connectivity index (χ4n) is 4.02. The summed E-state index contributed by atoms with van der Waals surface area (Å²) in [6.45, 7) is 0. The molecular weight excluding hydrogens is 430 g/mol. The van der Waals surface area contributed by atoms with Crippen molar-refractivity contribution in [2.24, 2.45) is 0 Å². The van der Waals surface area contributed by atoms with Gasteiger partial charge in [-0.1, -0.05) is 78.5 Å². The van der Waals surface area contributed by atoms with Crippen molar-refractivity contribution in [2.75, 3.05) is 4.90 Å². The van der Waals surface area contributed by atoms with E-state index in [0.717, 1.165) is 16.5 Å². The molecule has 0 aliphatic carbocycles. The molecule has 1 aromatic heterocycles. The Kier molecular flexibility index (Phi) is 5.55. The van der Waals surface area contributed by atoms with Gasteiger partial charge >= 0.3 is 0 Å². The minimum Gasteiger partial charge on any atom is -0.360 e. The van der Waals surface area contributed by atoms with Crippen LogP contribution in [0.25, 0.3) is 10.9 Å². The van der Waals surface area contributed by atoms with Gasteiger partial charge in [0.2, 0.25) is 11.7 Å². The van der Waals surface area contributed by atoms with Gasteiger partial charge in [0.25, 0.3) is 0 Å². The van der Waals surface area contributed by atoms with Gasteiger partial charge in [0, 0.05) is 28.4 Å². The molecule has 1 fully saturated rings. The number of para-hydroxylation sites is 2. The van der Waals surface area contributed by atoms with Crippen molar-refractivity contribution in [3.05, 3.63) is 113 Å². The number of Topliss-reactive ketones (excluding diaryl/α,β-unsaturated/α-hetero) is 1. The van der Waals surface area contributed by atoms with Crippen molar-refractivity contribution < 1.29 is 9.59 Å². The van der Waals surface area contributed by atoms with Gasteiger partial charge in [-0.15, -0.1) is 0 Å². The number of benzene rings is 3. The van der Waals surface area contributed by atoms with Crippen molar-refractivity contribution in [2.45, 2.75) is 11.7 Å². The van der Waals surface area contributed by atoms with Crippen molar-refractivity contribution in [1.29, 1.82) is 5.26 Å². The van der Waals surface area contributed by atoms with Crippen LogP contribution < -0.4 is 4.90 Å². The van der Waals surface area contributed by atoms with Crippen molar-refractivity contribution in [3.8, 4) is 6.07 Å². The van der Waals surface area contributed by atoms with E-state index in [2.05, 4.69) is 11.1 Å². The molecule has 0 unspecified atom stereocenters. The molecule has 1 aliphatic heterocycles. The first-order valence-corrected chi connectivity index (χ1v) is 11.4. The number of amides is 1. The average Bonchev–Trinajstić information content (AvgIpc) is 3.42. The largest absolute Gasteiger partial charge is 0.360 e. The number of rotatable bonds is 5. The number of nitriles is 1. The highest BCUT2D eigenvalue weighted by molar-refractivity contribution is 8.05. The SMILES string of the molecule is N#C/C(C(=O)c1c[nH]c2ccccc12)=C1\S[C@H](Cc2ccccc2)C(=O)N1c1ccccc1. The Hall–Kier alpha value is -4.08. The standard InChI is InChI=1S/C27H19N3O2S/c28-16-21(25(31)22-17-29-23-14-8-7-13-20(22)23)27-30(19-11-5-2-6-12-19)26(32)24(33-27)15-18-9-3-1-4-10-18/h1-14,17,24,29H,15H2/b27-21+/t24-/m1/s1. The molecule has 3 aromatic carbocycles. The maximum atomic E-state index is 13.5. The van der Waals surface area contributed by atoms with Gasteiger partial charge in [0.1, 0.15) is 16.7 Å². The van der Waals surface area contributed by atoms with E-state index in [0.29, 0.717) is 22.7 Å². The number of H-pyrrole nitrogens is 1. The van der Waals surface area contributed by atoms with Gasteiger partial charge in [-0.25, -0.2) is 0 Å². The molecule has 1 saturated heterocycles. The fraction of sp³-hybridized carbons (Fsp3) is 0.0741. The van der Waals surface area contributed by atoms with Gasteiger partial charge in [-0.3, -0.25) is 14.5 Å². The zero-order chi connectivity index (χ0) is 22.8. The Morgan fingerprint density at radius 1 is 0.970 bits per heavy atom. The highest BCUT2D eigenvalue weighted by Crippen LogP contribution is 2.42. The minimum absolute atomic E-state index is 0.0301. The lowest BCUT2D eigenvalue weighted by Crippen LogP contribution is -2.30. The molecule has 160 valence electrons. The number of aromatic nitrogens is 1. The second-order valence-electron chi connectivity index (χ2n) is 7.67. The molecule has 1 aliphatic rings. The predicted molar refractivity (Wildman–Crippen MR) is 131 cm³/mol. The summed E-state index contributed by atoms with van der Waals surface area (Å²) in [5, 5.41) is 10.8. The Bertz CT molecular complexity index is 1420. The number of allylic oxidation sites excluding steroid dienone is 1. The van der Waals surface area contributed by atoms with Crippen LogP contribution in [-0.4, -0.2) is 21.9 Å². The van der Waals surface area contributed by atoms with Crippen molar-refractivity contribution >= 4 is 40.0 Å². The van der Waals surface area contributed by atoms with E-state index in [4.69, 9.17) is 0 Å². The summed E-state index contributed by atoms with van der Waals surface area (Å²) in [6, 6.07) is 28.5. The molecule has 1 N–H and O–H groups in total. The first-order chi connectivity index (χ1) is 16.2. The summed E-state index contributed by atoms with van der Waals surface area (Å²) in [6.07, 6.45) is 2.14. The van der Waals surface area contributed by atoms with Crippen LogP contribution in [0.4, 0.5) is 5.69 Å². The van der Waals surface area contributed by atoms with Gasteiger partial charge in [-0.05, 0) is 30.2 Å². The molecule has 1 amide bonds. The van der Waals surface area contributed by atoms with E-state index < -0.39 is 11.0 Å². The number of aromatic amines is 1. The molecule has 0 saturated carbocycles. The normalized spacial score (nSPS) is 17.2. The van der Waals surface area contributed by atoms with Crippen LogP contribution >= 0.6 is 11.8 Å². The molecule has 33 heavy (non-hydrogen) atoms. The molecule has 5 rings (SSSR count). The summed E-state index contributed by atoms with van der Waals surface area (Å²) >= 11 is 1.28. The lowest BCUT2D eigenvalue weighted by Gasteiger charge is -2.18. The number of carbonyl (C=O) groups excluding carboxylic acids is 2. The van der Waals surface area contributed by atoms with Gasteiger partial charge < -0.3 is 4.98 Å². The van der Waals surface area contributed by atoms with Crippen LogP contribution in [0.1, 0.15) is 15.9 Å². The lowest BCUT2D eigenvalue weighted by atomic mass is 10.0. The van der Waals surface area contributed by atoms with Gasteiger partial charge in [0.05, 0.1) is 5.25 Å². The Morgan fingerprint density at radius 3 is 2.36 bits per heavy atom. The summed E-state index contributed by atoms with van der Waals surface area (Å²) in [5.74, 6) is -0.531. The lowest BCUT2D eigenvalue weighted by molar-refractivity contribution is -0.117. The molecule has 0 spiro atoms. The first kappa shape index (κ1) is 20.8. The number of hydrogen-bond acceptors (Lipinski definition) is 4. The molecular formula is C27H19N3O2S. The van der Waals surface area contributed by atoms with Gasteiger partial charge in [-0.2, -0.15) is 5.26 Å². The number of anilines is 1. The van der Waals surface area contributed by atoms with Crippen LogP contribution in [-0.2, 0) is 11.2 Å². The average molecular weight is 450 g/mol. The molecule has 1 atom stereocenters. The number of ketones is 1. The number of hydrogen-bond donors (Lipinski definition) is 1. The summed E-state index contributed by atoms with van der Waals surface area (Å²) < 4.78 is 0. The van der Waals surface area contributed by atoms with Crippen LogP contribution in [0.5, 0.6) is 0 Å². The second kappa shape index (κ2) is 8.81. The monoisotopic (exact) mass is 449 g/mol. The maximum Gasteiger partial charge on any atom is 0.245 e. The van der Waals surface area contributed by atoms with Crippen LogP contribution in [0.3, 0.4) is 0 Å². The third-order valence-electron chi connectivity index (χ3n) is 5.62. The number of carbonyl (C=O) groups is 2. The van der Waals surface area contributed by atoms with Crippen molar-refractivity contribution in [1.82, 2.24) is 4.98 Å². The van der Waals surface area contributed by atoms with Gasteiger partial charge in [0.15, 0.2) is 0 Å². The smallest absolute Gasteiger partial charge is 0.245 e. The Morgan fingerprint density at radius 2 is 1.64 bits per heavy atom. The molecule has 0 bridgehead atoms. The maximum absolute atomic E-state index is 13.5. The third kappa shape index (κ3) is 3.84. The van der Waals surface area contributed by atoms with E-state index in [1.165, 1.54) is 16.7 Å². The van der Waals surface area contributed by atoms with E-state index >= 15 is 0 Å². The number of thioether (sulfide) groups is 1. The predicted octanol–water partition coefficient (Wildman–Crippen LogP) is 5.48. The topological polar surface area (TPSA) is 77.0 Å². The zero-order valence-corrected chi connectivity index (χ0v) is 18.4. The van der Waals surface area contributed by atoms with Crippen LogP contribution in [0.15, 0.2) is 102 Å². The zero-order valence-electron chi connectivity index (χ0n) is 17.6. The quantitative estimate of drug-likeness (QED) is 0.249. The Labute approximate surface area is 195 Å².